The molecule has 1 unspecified atom stereocenters. The molecule has 2 aromatic rings. The van der Waals surface area contributed by atoms with Crippen LogP contribution < -0.4 is 15.4 Å². The maximum absolute atomic E-state index is 14.2. The van der Waals surface area contributed by atoms with Crippen LogP contribution in [0.4, 0.5) is 18.9 Å². The molecular weight excluding hydrogens is 475 g/mol. The summed E-state index contributed by atoms with van der Waals surface area (Å²) in [7, 11) is 1.29. The molecule has 1 atom stereocenters. The smallest absolute Gasteiger partial charge is 0.416 e. The lowest BCUT2D eigenvalue weighted by Crippen LogP contribution is -2.44. The fourth-order valence-electron chi connectivity index (χ4n) is 4.19. The molecule has 0 aromatic heterocycles. The number of nitrogens with zero attached hydrogens (tertiary/aromatic N) is 2. The molecule has 0 saturated heterocycles. The molecule has 34 heavy (non-hydrogen) atoms. The molecule has 0 bridgehead atoms. The maximum Gasteiger partial charge on any atom is 0.416 e. The first kappa shape index (κ1) is 27.4. The number of methoxy groups -OCH3 is 1. The number of nitrogens with two attached hydrogens (primary N) is 1. The lowest BCUT2D eigenvalue weighted by molar-refractivity contribution is -0.142. The Labute approximate surface area is 201 Å². The average Bonchev–Trinajstić information content (AvgIpc) is 3.00. The summed E-state index contributed by atoms with van der Waals surface area (Å²) in [6.45, 7) is 5.52. The zero-order chi connectivity index (χ0) is 24.6. The van der Waals surface area contributed by atoms with Gasteiger partial charge in [0.25, 0.3) is 5.91 Å². The molecule has 186 valence electrons. The first-order chi connectivity index (χ1) is 15.5. The molecule has 1 aliphatic rings. The van der Waals surface area contributed by atoms with Crippen molar-refractivity contribution >= 4 is 29.9 Å². The van der Waals surface area contributed by atoms with E-state index in [1.807, 2.05) is 18.7 Å². The number of carbonyl (C=O) groups excluding carboxylic acids is 2. The molecule has 0 saturated carbocycles. The van der Waals surface area contributed by atoms with Crippen molar-refractivity contribution in [2.45, 2.75) is 25.6 Å². The van der Waals surface area contributed by atoms with Gasteiger partial charge in [-0.05, 0) is 31.3 Å². The van der Waals surface area contributed by atoms with Gasteiger partial charge >= 0.3 is 6.18 Å². The van der Waals surface area contributed by atoms with Gasteiger partial charge in [-0.1, -0.05) is 32.0 Å². The number of amides is 2. The fraction of sp³-hybridized carbons (Fsp3) is 0.391. The normalized spacial score (nSPS) is 17.5. The highest BCUT2D eigenvalue weighted by atomic mass is 35.5. The molecule has 3 N–H and O–H groups in total. The van der Waals surface area contributed by atoms with Gasteiger partial charge in [-0.15, -0.1) is 12.4 Å². The predicted molar refractivity (Wildman–Crippen MR) is 123 cm³/mol. The highest BCUT2D eigenvalue weighted by Crippen LogP contribution is 2.52. The lowest BCUT2D eigenvalue weighted by atomic mass is 9.83. The molecule has 1 heterocycles. The summed E-state index contributed by atoms with van der Waals surface area (Å²) in [5.41, 5.74) is -0.0735. The molecule has 2 amide bonds. The van der Waals surface area contributed by atoms with Gasteiger partial charge in [-0.2, -0.15) is 13.2 Å². The van der Waals surface area contributed by atoms with E-state index in [0.717, 1.165) is 11.0 Å². The van der Waals surface area contributed by atoms with Gasteiger partial charge in [-0.25, -0.2) is 0 Å². The SMILES string of the molecule is CCN(CC)CCN1C(=O)C(O)(c2ccccc2OC)c2c1cc(C(N)=O)cc2C(F)(F)F.Cl. The summed E-state index contributed by atoms with van der Waals surface area (Å²) in [6.07, 6.45) is -4.97. The van der Waals surface area contributed by atoms with Crippen LogP contribution in [0.5, 0.6) is 5.75 Å². The summed E-state index contributed by atoms with van der Waals surface area (Å²) in [5, 5.41) is 11.7. The van der Waals surface area contributed by atoms with Gasteiger partial charge in [0.15, 0.2) is 0 Å². The fourth-order valence-corrected chi connectivity index (χ4v) is 4.19. The molecule has 1 aliphatic heterocycles. The monoisotopic (exact) mass is 501 g/mol. The number of carbonyl (C=O) groups is 2. The van der Waals surface area contributed by atoms with Gasteiger partial charge in [-0.3, -0.25) is 9.59 Å². The van der Waals surface area contributed by atoms with Crippen molar-refractivity contribution < 1.29 is 32.6 Å². The van der Waals surface area contributed by atoms with E-state index < -0.39 is 40.3 Å². The van der Waals surface area contributed by atoms with Crippen LogP contribution in [-0.2, 0) is 16.6 Å². The van der Waals surface area contributed by atoms with Crippen LogP contribution in [0, 0.1) is 0 Å². The maximum atomic E-state index is 14.2. The Morgan fingerprint density at radius 1 is 1.21 bits per heavy atom. The number of hydrogen-bond acceptors (Lipinski definition) is 5. The lowest BCUT2D eigenvalue weighted by Gasteiger charge is -2.27. The minimum absolute atomic E-state index is 0. The minimum Gasteiger partial charge on any atom is -0.496 e. The summed E-state index contributed by atoms with van der Waals surface area (Å²) in [4.78, 5) is 28.5. The Morgan fingerprint density at radius 3 is 2.35 bits per heavy atom. The number of alkyl halides is 3. The number of ether oxygens (including phenoxy) is 1. The van der Waals surface area contributed by atoms with Crippen LogP contribution in [0.15, 0.2) is 36.4 Å². The number of likely N-dealkylation sites (N-methyl/N-ethyl adjacent to an activating group) is 1. The van der Waals surface area contributed by atoms with E-state index in [1.54, 1.807) is 6.07 Å². The molecule has 2 aromatic carbocycles. The Morgan fingerprint density at radius 2 is 1.82 bits per heavy atom. The number of anilines is 1. The average molecular weight is 502 g/mol. The summed E-state index contributed by atoms with van der Waals surface area (Å²) >= 11 is 0. The molecule has 3 rings (SSSR count). The number of fused-ring (bicyclic) bond motifs is 1. The third kappa shape index (κ3) is 4.57. The summed E-state index contributed by atoms with van der Waals surface area (Å²) in [5.74, 6) is -1.98. The van der Waals surface area contributed by atoms with Crippen molar-refractivity contribution in [3.63, 3.8) is 0 Å². The topological polar surface area (TPSA) is 96.1 Å². The number of primary amides is 1. The quantitative estimate of drug-likeness (QED) is 0.579. The van der Waals surface area contributed by atoms with E-state index >= 15 is 0 Å². The second kappa shape index (κ2) is 10.2. The van der Waals surface area contributed by atoms with Gasteiger partial charge in [0.05, 0.1) is 18.4 Å². The number of halogens is 4. The molecular formula is C23H27ClF3N3O4. The largest absolute Gasteiger partial charge is 0.496 e. The second-order valence-electron chi connectivity index (χ2n) is 7.67. The van der Waals surface area contributed by atoms with E-state index in [4.69, 9.17) is 10.5 Å². The number of para-hydroxylation sites is 1. The second-order valence-corrected chi connectivity index (χ2v) is 7.67. The highest BCUT2D eigenvalue weighted by Gasteiger charge is 2.56. The van der Waals surface area contributed by atoms with Crippen LogP contribution in [0.3, 0.4) is 0 Å². The third-order valence-electron chi connectivity index (χ3n) is 5.95. The number of aliphatic hydroxyl groups is 1. The van der Waals surface area contributed by atoms with Crippen molar-refractivity contribution in [3.8, 4) is 5.75 Å². The van der Waals surface area contributed by atoms with Crippen LogP contribution in [0.25, 0.3) is 0 Å². The van der Waals surface area contributed by atoms with E-state index in [2.05, 4.69) is 0 Å². The number of rotatable bonds is 8. The highest BCUT2D eigenvalue weighted by molar-refractivity contribution is 6.11. The standard InChI is InChI=1S/C23H26F3N3O4.ClH/c1-4-28(5-2)10-11-29-17-13-14(20(27)30)12-16(23(24,25)26)19(17)22(32,21(29)31)15-8-6-7-9-18(15)33-3;/h6-9,12-13,32H,4-5,10-11H2,1-3H3,(H2,27,30);1H. The van der Waals surface area contributed by atoms with Crippen LogP contribution in [0.2, 0.25) is 0 Å². The van der Waals surface area contributed by atoms with Crippen molar-refractivity contribution in [2.24, 2.45) is 5.73 Å². The van der Waals surface area contributed by atoms with E-state index in [0.29, 0.717) is 25.7 Å². The van der Waals surface area contributed by atoms with E-state index in [1.165, 1.54) is 25.3 Å². The van der Waals surface area contributed by atoms with Gasteiger partial charge in [0.2, 0.25) is 11.5 Å². The zero-order valence-corrected chi connectivity index (χ0v) is 19.8. The zero-order valence-electron chi connectivity index (χ0n) is 19.0. The van der Waals surface area contributed by atoms with Crippen molar-refractivity contribution in [1.29, 1.82) is 0 Å². The summed E-state index contributed by atoms with van der Waals surface area (Å²) < 4.78 is 47.8. The molecule has 0 spiro atoms. The molecule has 7 nitrogen and oxygen atoms in total. The first-order valence-electron chi connectivity index (χ1n) is 10.5. The van der Waals surface area contributed by atoms with Crippen LogP contribution in [-0.4, -0.2) is 55.1 Å². The Balaban J connectivity index is 0.00000408. The van der Waals surface area contributed by atoms with Gasteiger partial charge in [0, 0.05) is 29.8 Å². The third-order valence-corrected chi connectivity index (χ3v) is 5.95. The van der Waals surface area contributed by atoms with Crippen molar-refractivity contribution in [1.82, 2.24) is 4.90 Å². The number of hydrogen-bond donors (Lipinski definition) is 2. The van der Waals surface area contributed by atoms with E-state index in [-0.39, 0.29) is 36.0 Å². The Bertz CT molecular complexity index is 1080. The molecule has 11 heteroatoms. The number of benzene rings is 2. The molecule has 0 aliphatic carbocycles. The van der Waals surface area contributed by atoms with Crippen molar-refractivity contribution in [2.75, 3.05) is 38.2 Å². The first-order valence-corrected chi connectivity index (χ1v) is 10.5. The van der Waals surface area contributed by atoms with Crippen LogP contribution in [0.1, 0.15) is 40.9 Å². The molecule has 0 radical (unpaired) electrons. The Kier molecular flexibility index (Phi) is 8.23. The van der Waals surface area contributed by atoms with Gasteiger partial charge in [0.1, 0.15) is 5.75 Å². The van der Waals surface area contributed by atoms with E-state index in [9.17, 15) is 27.9 Å². The predicted octanol–water partition coefficient (Wildman–Crippen LogP) is 3.16. The molecule has 0 fully saturated rings. The Hall–Kier alpha value is -2.82. The van der Waals surface area contributed by atoms with Crippen LogP contribution >= 0.6 is 12.4 Å². The minimum atomic E-state index is -4.97. The van der Waals surface area contributed by atoms with Crippen molar-refractivity contribution in [3.05, 3.63) is 58.7 Å². The summed E-state index contributed by atoms with van der Waals surface area (Å²) in [6, 6.07) is 7.56. The van der Waals surface area contributed by atoms with Gasteiger partial charge < -0.3 is 25.4 Å².